The quantitative estimate of drug-likeness (QED) is 0.613. The van der Waals surface area contributed by atoms with E-state index in [1.165, 1.54) is 57.8 Å². The molecule has 0 aromatic carbocycles. The molecule has 3 saturated carbocycles. The second-order valence-corrected chi connectivity index (χ2v) is 14.3. The Morgan fingerprint density at radius 2 is 1.77 bits per heavy atom. The number of hydrogen-bond acceptors (Lipinski definition) is 4. The van der Waals surface area contributed by atoms with Gasteiger partial charge in [-0.1, -0.05) is 13.8 Å². The number of nitrogens with zero attached hydrogens (tertiary/aromatic N) is 2. The summed E-state index contributed by atoms with van der Waals surface area (Å²) in [5.74, 6) is 5.15. The molecule has 35 heavy (non-hydrogen) atoms. The minimum Gasteiger partial charge on any atom is -0.388 e. The van der Waals surface area contributed by atoms with Crippen molar-refractivity contribution < 1.29 is 9.90 Å². The number of aliphatic hydroxyl groups is 1. The molecule has 6 aliphatic rings. The topological polar surface area (TPSA) is 55.8 Å². The number of rotatable bonds is 2. The SMILES string of the molecule is CC(=O)N1CCC[C@@H]2[C@@H](C[C@H]3CC[C@]4(O)[C@@H]5C[C@@H]6[C@@H](C[C@@H](C)C[C@@H]6N(C)C5)C[C@@H]4N3)C[C@H](C)C[C@@H]21. The molecular weight excluding hydrogens is 434 g/mol. The van der Waals surface area contributed by atoms with Gasteiger partial charge in [0.2, 0.25) is 5.91 Å². The number of hydrogen-bond donors (Lipinski definition) is 2. The molecule has 3 aliphatic heterocycles. The van der Waals surface area contributed by atoms with Crippen molar-refractivity contribution in [1.29, 1.82) is 0 Å². The molecule has 0 spiro atoms. The third-order valence-electron chi connectivity index (χ3n) is 12.0. The van der Waals surface area contributed by atoms with Gasteiger partial charge in [0.15, 0.2) is 0 Å². The van der Waals surface area contributed by atoms with Crippen molar-refractivity contribution in [2.75, 3.05) is 20.1 Å². The lowest BCUT2D eigenvalue weighted by molar-refractivity contribution is -0.137. The number of piperidine rings is 3. The Morgan fingerprint density at radius 1 is 1.00 bits per heavy atom. The first kappa shape index (κ1) is 24.7. The molecule has 6 fully saturated rings. The van der Waals surface area contributed by atoms with Crippen molar-refractivity contribution in [2.24, 2.45) is 41.4 Å². The van der Waals surface area contributed by atoms with Crippen LogP contribution in [0.2, 0.25) is 0 Å². The molecule has 5 heteroatoms. The zero-order valence-electron chi connectivity index (χ0n) is 22.8. The van der Waals surface area contributed by atoms with E-state index < -0.39 is 5.60 Å². The minimum atomic E-state index is -0.533. The molecule has 2 bridgehead atoms. The Kier molecular flexibility index (Phi) is 6.54. The Bertz CT molecular complexity index is 804. The highest BCUT2D eigenvalue weighted by Crippen LogP contribution is 2.53. The maximum absolute atomic E-state index is 12.4. The number of likely N-dealkylation sites (tertiary alicyclic amines) is 2. The Balaban J connectivity index is 1.19. The fraction of sp³-hybridized carbons (Fsp3) is 0.967. The van der Waals surface area contributed by atoms with Crippen LogP contribution in [0.4, 0.5) is 0 Å². The molecule has 0 aromatic rings. The molecule has 3 heterocycles. The highest BCUT2D eigenvalue weighted by molar-refractivity contribution is 5.73. The molecule has 3 aliphatic carbocycles. The van der Waals surface area contributed by atoms with Crippen molar-refractivity contribution in [3.05, 3.63) is 0 Å². The normalized spacial score (nSPS) is 52.3. The molecule has 5 nitrogen and oxygen atoms in total. The Morgan fingerprint density at radius 3 is 2.57 bits per heavy atom. The second kappa shape index (κ2) is 9.27. The largest absolute Gasteiger partial charge is 0.388 e. The van der Waals surface area contributed by atoms with Crippen LogP contribution < -0.4 is 5.32 Å². The predicted octanol–water partition coefficient (Wildman–Crippen LogP) is 4.29. The summed E-state index contributed by atoms with van der Waals surface area (Å²) in [5, 5.41) is 16.3. The summed E-state index contributed by atoms with van der Waals surface area (Å²) in [5.41, 5.74) is -0.533. The van der Waals surface area contributed by atoms with Gasteiger partial charge in [-0.15, -0.1) is 0 Å². The number of fused-ring (bicyclic) bond motifs is 4. The van der Waals surface area contributed by atoms with E-state index in [9.17, 15) is 9.90 Å². The van der Waals surface area contributed by atoms with E-state index in [0.29, 0.717) is 35.8 Å². The van der Waals surface area contributed by atoms with Crippen molar-refractivity contribution in [3.8, 4) is 0 Å². The standard InChI is InChI=1S/C30H51N3O2/c1-18-11-22-15-29-30(35,23-16-26(22)27(12-18)32(4)17-23)8-7-24(31-29)14-21-10-19(2)13-28-25(21)6-5-9-33(28)20(3)34/h18-19,21-29,31,35H,5-17H2,1-4H3/t18-,19+,21-,22+,23-,24-,25-,26-,27+,28+,29+,30+/m1/s1. The van der Waals surface area contributed by atoms with Gasteiger partial charge in [-0.2, -0.15) is 0 Å². The monoisotopic (exact) mass is 485 g/mol. The van der Waals surface area contributed by atoms with Crippen molar-refractivity contribution in [3.63, 3.8) is 0 Å². The van der Waals surface area contributed by atoms with Gasteiger partial charge in [0, 0.05) is 50.1 Å². The number of carbonyl (C=O) groups excluding carboxylic acids is 1. The summed E-state index contributed by atoms with van der Waals surface area (Å²) in [6, 6.07) is 1.98. The van der Waals surface area contributed by atoms with Gasteiger partial charge in [-0.05, 0) is 113 Å². The van der Waals surface area contributed by atoms with Gasteiger partial charge in [0.25, 0.3) is 0 Å². The van der Waals surface area contributed by atoms with Crippen molar-refractivity contribution in [2.45, 2.75) is 121 Å². The first-order chi connectivity index (χ1) is 16.7. The summed E-state index contributed by atoms with van der Waals surface area (Å²) in [4.78, 5) is 17.2. The predicted molar refractivity (Wildman–Crippen MR) is 140 cm³/mol. The summed E-state index contributed by atoms with van der Waals surface area (Å²) in [6.07, 6.45) is 13.4. The second-order valence-electron chi connectivity index (χ2n) is 14.3. The molecule has 1 amide bonds. The maximum atomic E-state index is 12.4. The van der Waals surface area contributed by atoms with Crippen LogP contribution in [0.15, 0.2) is 0 Å². The van der Waals surface area contributed by atoms with Crippen LogP contribution in [-0.4, -0.2) is 70.7 Å². The molecule has 2 N–H and O–H groups in total. The molecule has 198 valence electrons. The highest BCUT2D eigenvalue weighted by Gasteiger charge is 2.57. The lowest BCUT2D eigenvalue weighted by atomic mass is 9.64. The lowest BCUT2D eigenvalue weighted by Crippen LogP contribution is -2.64. The lowest BCUT2D eigenvalue weighted by Gasteiger charge is -2.53. The minimum absolute atomic E-state index is 0.260. The van der Waals surface area contributed by atoms with E-state index in [1.54, 1.807) is 6.92 Å². The van der Waals surface area contributed by atoms with Crippen LogP contribution >= 0.6 is 0 Å². The van der Waals surface area contributed by atoms with E-state index >= 15 is 0 Å². The third-order valence-corrected chi connectivity index (χ3v) is 12.0. The average molecular weight is 486 g/mol. The number of amides is 1. The van der Waals surface area contributed by atoms with Crippen LogP contribution in [0.25, 0.3) is 0 Å². The number of nitrogens with one attached hydrogen (secondary N) is 1. The van der Waals surface area contributed by atoms with Crippen LogP contribution in [0, 0.1) is 41.4 Å². The van der Waals surface area contributed by atoms with Crippen LogP contribution in [0.1, 0.15) is 91.4 Å². The van der Waals surface area contributed by atoms with Crippen LogP contribution in [0.5, 0.6) is 0 Å². The fourth-order valence-corrected chi connectivity index (χ4v) is 10.6. The van der Waals surface area contributed by atoms with Gasteiger partial charge in [0.1, 0.15) is 0 Å². The Hall–Kier alpha value is -0.650. The molecule has 12 atom stereocenters. The average Bonchev–Trinajstić information content (AvgIpc) is 2.91. The molecule has 0 unspecified atom stereocenters. The van der Waals surface area contributed by atoms with Gasteiger partial charge in [-0.3, -0.25) is 4.79 Å². The third kappa shape index (κ3) is 4.30. The maximum Gasteiger partial charge on any atom is 0.219 e. The van der Waals surface area contributed by atoms with E-state index in [-0.39, 0.29) is 11.9 Å². The summed E-state index contributed by atoms with van der Waals surface area (Å²) >= 11 is 0. The summed E-state index contributed by atoms with van der Waals surface area (Å²) in [7, 11) is 2.33. The molecule has 0 radical (unpaired) electrons. The highest BCUT2D eigenvalue weighted by atomic mass is 16.3. The first-order valence-electron chi connectivity index (χ1n) is 15.2. The van der Waals surface area contributed by atoms with Gasteiger partial charge in [0.05, 0.1) is 5.60 Å². The van der Waals surface area contributed by atoms with Crippen LogP contribution in [0.3, 0.4) is 0 Å². The molecule has 3 saturated heterocycles. The molecule has 0 aromatic heterocycles. The molecule has 6 rings (SSSR count). The zero-order chi connectivity index (χ0) is 24.5. The van der Waals surface area contributed by atoms with Gasteiger partial charge < -0.3 is 20.2 Å². The van der Waals surface area contributed by atoms with E-state index in [1.807, 2.05) is 0 Å². The van der Waals surface area contributed by atoms with Crippen LogP contribution in [-0.2, 0) is 4.79 Å². The summed E-state index contributed by atoms with van der Waals surface area (Å²) in [6.45, 7) is 8.68. The van der Waals surface area contributed by atoms with E-state index in [4.69, 9.17) is 0 Å². The van der Waals surface area contributed by atoms with Crippen molar-refractivity contribution >= 4 is 5.91 Å². The fourth-order valence-electron chi connectivity index (χ4n) is 10.6. The van der Waals surface area contributed by atoms with E-state index in [2.05, 4.69) is 36.0 Å². The zero-order valence-corrected chi connectivity index (χ0v) is 22.8. The van der Waals surface area contributed by atoms with Crippen molar-refractivity contribution in [1.82, 2.24) is 15.1 Å². The first-order valence-corrected chi connectivity index (χ1v) is 15.2. The van der Waals surface area contributed by atoms with E-state index in [0.717, 1.165) is 49.7 Å². The number of carbonyl (C=O) groups is 1. The van der Waals surface area contributed by atoms with Gasteiger partial charge >= 0.3 is 0 Å². The Labute approximate surface area is 213 Å². The van der Waals surface area contributed by atoms with Gasteiger partial charge in [-0.25, -0.2) is 0 Å². The smallest absolute Gasteiger partial charge is 0.219 e. The molecular formula is C30H51N3O2. The summed E-state index contributed by atoms with van der Waals surface area (Å²) < 4.78 is 0.